The summed E-state index contributed by atoms with van der Waals surface area (Å²) in [6, 6.07) is 5.19. The minimum absolute atomic E-state index is 0.0119. The van der Waals surface area contributed by atoms with Gasteiger partial charge in [0.05, 0.1) is 38.6 Å². The van der Waals surface area contributed by atoms with E-state index >= 15 is 0 Å². The lowest BCUT2D eigenvalue weighted by Crippen LogP contribution is -2.22. The summed E-state index contributed by atoms with van der Waals surface area (Å²) in [5.41, 5.74) is 0.510. The lowest BCUT2D eigenvalue weighted by molar-refractivity contribution is -0.140. The highest BCUT2D eigenvalue weighted by Gasteiger charge is 2.33. The van der Waals surface area contributed by atoms with Crippen LogP contribution in [0.3, 0.4) is 0 Å². The number of hydrogen-bond acceptors (Lipinski definition) is 7. The smallest absolute Gasteiger partial charge is 0.163 e. The zero-order chi connectivity index (χ0) is 20.2. The Hall–Kier alpha value is -1.67. The van der Waals surface area contributed by atoms with Gasteiger partial charge < -0.3 is 28.4 Å². The third-order valence-electron chi connectivity index (χ3n) is 4.59. The average molecular weight is 394 g/mol. The van der Waals surface area contributed by atoms with E-state index in [1.807, 2.05) is 27.7 Å². The normalized spacial score (nSPS) is 25.6. The van der Waals surface area contributed by atoms with E-state index in [1.165, 1.54) is 0 Å². The Morgan fingerprint density at radius 2 is 1.36 bits per heavy atom. The molecule has 2 aliphatic heterocycles. The number of hydrogen-bond donors (Lipinski definition) is 0. The zero-order valence-electron chi connectivity index (χ0n) is 17.1. The number of rotatable bonds is 9. The van der Waals surface area contributed by atoms with Gasteiger partial charge in [0.1, 0.15) is 17.8 Å². The maximum Gasteiger partial charge on any atom is 0.163 e. The SMILES string of the molecule is CC1(C)OCC(CCOc2cc(C=O)cc(OCCC3COC(C)(C)O3)c2)O1. The van der Waals surface area contributed by atoms with E-state index < -0.39 is 11.6 Å². The highest BCUT2D eigenvalue weighted by Crippen LogP contribution is 2.27. The lowest BCUT2D eigenvalue weighted by Gasteiger charge is -2.17. The van der Waals surface area contributed by atoms with Gasteiger partial charge in [-0.2, -0.15) is 0 Å². The van der Waals surface area contributed by atoms with Crippen molar-refractivity contribution in [1.29, 1.82) is 0 Å². The molecule has 2 aliphatic rings. The maximum absolute atomic E-state index is 11.2. The predicted octanol–water partition coefficient (Wildman–Crippen LogP) is 3.34. The molecule has 7 heteroatoms. The summed E-state index contributed by atoms with van der Waals surface area (Å²) in [4.78, 5) is 11.2. The molecular formula is C21H30O7. The van der Waals surface area contributed by atoms with Crippen molar-refractivity contribution in [3.05, 3.63) is 23.8 Å². The van der Waals surface area contributed by atoms with Gasteiger partial charge in [-0.15, -0.1) is 0 Å². The number of benzene rings is 1. The fraction of sp³-hybridized carbons (Fsp3) is 0.667. The highest BCUT2D eigenvalue weighted by atomic mass is 16.7. The molecule has 3 rings (SSSR count). The molecule has 7 nitrogen and oxygen atoms in total. The van der Waals surface area contributed by atoms with E-state index in [9.17, 15) is 4.79 Å². The van der Waals surface area contributed by atoms with Crippen molar-refractivity contribution in [3.63, 3.8) is 0 Å². The molecule has 0 radical (unpaired) electrons. The summed E-state index contributed by atoms with van der Waals surface area (Å²) in [7, 11) is 0. The number of carbonyl (C=O) groups excluding carboxylic acids is 1. The van der Waals surface area contributed by atoms with Crippen LogP contribution in [0.15, 0.2) is 18.2 Å². The van der Waals surface area contributed by atoms with Crippen LogP contribution in [0.1, 0.15) is 50.9 Å². The minimum Gasteiger partial charge on any atom is -0.493 e. The van der Waals surface area contributed by atoms with Gasteiger partial charge >= 0.3 is 0 Å². The Kier molecular flexibility index (Phi) is 6.60. The molecule has 28 heavy (non-hydrogen) atoms. The van der Waals surface area contributed by atoms with Crippen molar-refractivity contribution < 1.29 is 33.2 Å². The van der Waals surface area contributed by atoms with Crippen LogP contribution >= 0.6 is 0 Å². The molecule has 2 fully saturated rings. The minimum atomic E-state index is -0.535. The highest BCUT2D eigenvalue weighted by molar-refractivity contribution is 5.76. The zero-order valence-corrected chi connectivity index (χ0v) is 17.1. The van der Waals surface area contributed by atoms with E-state index in [-0.39, 0.29) is 12.2 Å². The third-order valence-corrected chi connectivity index (χ3v) is 4.59. The van der Waals surface area contributed by atoms with Crippen LogP contribution < -0.4 is 9.47 Å². The Morgan fingerprint density at radius 1 is 0.893 bits per heavy atom. The van der Waals surface area contributed by atoms with Gasteiger partial charge in [0.2, 0.25) is 0 Å². The van der Waals surface area contributed by atoms with Crippen molar-refractivity contribution in [2.45, 2.75) is 64.3 Å². The topological polar surface area (TPSA) is 72.5 Å². The molecule has 2 atom stereocenters. The third kappa shape index (κ3) is 6.17. The van der Waals surface area contributed by atoms with E-state index in [0.29, 0.717) is 56.3 Å². The van der Waals surface area contributed by atoms with Gasteiger partial charge in [-0.25, -0.2) is 0 Å². The number of ether oxygens (including phenoxy) is 6. The van der Waals surface area contributed by atoms with E-state index in [4.69, 9.17) is 28.4 Å². The summed E-state index contributed by atoms with van der Waals surface area (Å²) < 4.78 is 34.2. The maximum atomic E-state index is 11.2. The van der Waals surface area contributed by atoms with Gasteiger partial charge in [0, 0.05) is 24.5 Å². The van der Waals surface area contributed by atoms with Gasteiger partial charge in [-0.3, -0.25) is 4.79 Å². The molecule has 0 bridgehead atoms. The van der Waals surface area contributed by atoms with Crippen LogP contribution in [0.2, 0.25) is 0 Å². The molecule has 0 N–H and O–H groups in total. The molecule has 1 aromatic carbocycles. The first-order chi connectivity index (χ1) is 13.2. The second kappa shape index (κ2) is 8.78. The van der Waals surface area contributed by atoms with E-state index in [2.05, 4.69) is 0 Å². The molecule has 2 heterocycles. The largest absolute Gasteiger partial charge is 0.493 e. The molecule has 0 aromatic heterocycles. The Bertz CT molecular complexity index is 620. The summed E-state index contributed by atoms with van der Waals surface area (Å²) >= 11 is 0. The summed E-state index contributed by atoms with van der Waals surface area (Å²) in [5.74, 6) is 0.123. The monoisotopic (exact) mass is 394 g/mol. The first-order valence-electron chi connectivity index (χ1n) is 9.74. The Labute approximate surface area is 166 Å². The van der Waals surface area contributed by atoms with E-state index in [1.54, 1.807) is 18.2 Å². The van der Waals surface area contributed by atoms with Crippen molar-refractivity contribution in [1.82, 2.24) is 0 Å². The predicted molar refractivity (Wildman–Crippen MR) is 102 cm³/mol. The van der Waals surface area contributed by atoms with Crippen LogP contribution in [0.4, 0.5) is 0 Å². The van der Waals surface area contributed by atoms with Crippen molar-refractivity contribution >= 4 is 6.29 Å². The molecule has 2 saturated heterocycles. The van der Waals surface area contributed by atoms with Gasteiger partial charge in [0.15, 0.2) is 11.6 Å². The average Bonchev–Trinajstić information content (AvgIpc) is 3.15. The molecule has 2 unspecified atom stereocenters. The van der Waals surface area contributed by atoms with Gasteiger partial charge in [0.25, 0.3) is 0 Å². The second-order valence-corrected chi connectivity index (χ2v) is 8.03. The van der Waals surface area contributed by atoms with Crippen LogP contribution in [0.25, 0.3) is 0 Å². The molecule has 156 valence electrons. The molecule has 1 aromatic rings. The van der Waals surface area contributed by atoms with Gasteiger partial charge in [-0.1, -0.05) is 0 Å². The molecular weight excluding hydrogens is 364 g/mol. The fourth-order valence-electron chi connectivity index (χ4n) is 3.26. The first kappa shape index (κ1) is 21.0. The van der Waals surface area contributed by atoms with Crippen LogP contribution in [0, 0.1) is 0 Å². The Balaban J connectivity index is 1.47. The molecule has 0 aliphatic carbocycles. The number of aldehydes is 1. The van der Waals surface area contributed by atoms with Crippen molar-refractivity contribution in [3.8, 4) is 11.5 Å². The Morgan fingerprint density at radius 3 is 1.71 bits per heavy atom. The summed E-state index contributed by atoms with van der Waals surface area (Å²) in [6.07, 6.45) is 2.22. The quantitative estimate of drug-likeness (QED) is 0.595. The summed E-state index contributed by atoms with van der Waals surface area (Å²) in [5, 5.41) is 0. The summed E-state index contributed by atoms with van der Waals surface area (Å²) in [6.45, 7) is 9.64. The number of carbonyl (C=O) groups is 1. The van der Waals surface area contributed by atoms with Gasteiger partial charge in [-0.05, 0) is 39.8 Å². The standard InChI is InChI=1S/C21H30O7/c1-20(2)25-13-16(27-20)5-7-23-18-9-15(12-22)10-19(11-18)24-8-6-17-14-26-21(3,4)28-17/h9-12,16-17H,5-8,13-14H2,1-4H3. The molecule has 0 amide bonds. The lowest BCUT2D eigenvalue weighted by atomic mass is 10.2. The van der Waals surface area contributed by atoms with E-state index in [0.717, 1.165) is 6.29 Å². The van der Waals surface area contributed by atoms with Crippen LogP contribution in [-0.2, 0) is 18.9 Å². The van der Waals surface area contributed by atoms with Crippen LogP contribution in [-0.4, -0.2) is 56.5 Å². The second-order valence-electron chi connectivity index (χ2n) is 8.03. The fourth-order valence-corrected chi connectivity index (χ4v) is 3.26. The first-order valence-corrected chi connectivity index (χ1v) is 9.74. The van der Waals surface area contributed by atoms with Crippen LogP contribution in [0.5, 0.6) is 11.5 Å². The molecule has 0 saturated carbocycles. The van der Waals surface area contributed by atoms with Crippen molar-refractivity contribution in [2.24, 2.45) is 0 Å². The van der Waals surface area contributed by atoms with Crippen molar-refractivity contribution in [2.75, 3.05) is 26.4 Å². The molecule has 0 spiro atoms.